The fourth-order valence-electron chi connectivity index (χ4n) is 3.97. The van der Waals surface area contributed by atoms with Crippen LogP contribution < -0.4 is 0 Å². The van der Waals surface area contributed by atoms with Crippen molar-refractivity contribution in [2.75, 3.05) is 0 Å². The first kappa shape index (κ1) is 18.0. The second-order valence-corrected chi connectivity index (χ2v) is 8.40. The first-order valence-corrected chi connectivity index (χ1v) is 10.1. The molecular weight excluding hydrogens is 283 g/mol. The molecule has 2 aliphatic carbocycles. The van der Waals surface area contributed by atoms with Gasteiger partial charge in [-0.15, -0.1) is 9.24 Å². The van der Waals surface area contributed by atoms with E-state index in [9.17, 15) is 0 Å². The molecule has 1 atom stereocenters. The second-order valence-electron chi connectivity index (χ2n) is 7.45. The lowest BCUT2D eigenvalue weighted by atomic mass is 9.81. The van der Waals surface area contributed by atoms with E-state index in [-0.39, 0.29) is 0 Å². The van der Waals surface area contributed by atoms with Crippen molar-refractivity contribution >= 4 is 9.24 Å². The SMILES string of the molecule is Cc1ccc(C2CCCCC2)c(C)c1C.PC1CCCCC1. The van der Waals surface area contributed by atoms with Crippen LogP contribution in [0.4, 0.5) is 0 Å². The molecule has 0 nitrogen and oxygen atoms in total. The number of rotatable bonds is 1. The zero-order valence-corrected chi connectivity index (χ0v) is 16.1. The second kappa shape index (κ2) is 9.07. The van der Waals surface area contributed by atoms with E-state index in [1.165, 1.54) is 75.3 Å². The van der Waals surface area contributed by atoms with Crippen LogP contribution in [0.3, 0.4) is 0 Å². The van der Waals surface area contributed by atoms with Gasteiger partial charge in [-0.05, 0) is 80.3 Å². The molecule has 0 N–H and O–H groups in total. The predicted molar refractivity (Wildman–Crippen MR) is 103 cm³/mol. The summed E-state index contributed by atoms with van der Waals surface area (Å²) in [4.78, 5) is 0. The Hall–Kier alpha value is -0.350. The van der Waals surface area contributed by atoms with Crippen LogP contribution in [0.2, 0.25) is 0 Å². The predicted octanol–water partition coefficient (Wildman–Crippen LogP) is 6.85. The molecule has 0 amide bonds. The van der Waals surface area contributed by atoms with E-state index in [0.717, 1.165) is 11.6 Å². The first-order valence-electron chi connectivity index (χ1n) is 9.42. The normalized spacial score (nSPS) is 20.4. The molecule has 2 saturated carbocycles. The van der Waals surface area contributed by atoms with E-state index < -0.39 is 0 Å². The van der Waals surface area contributed by atoms with Crippen LogP contribution in [-0.2, 0) is 0 Å². The van der Waals surface area contributed by atoms with Gasteiger partial charge in [-0.1, -0.05) is 50.7 Å². The molecule has 0 bridgehead atoms. The Morgan fingerprint density at radius 1 is 0.727 bits per heavy atom. The minimum absolute atomic E-state index is 0.845. The molecule has 0 spiro atoms. The summed E-state index contributed by atoms with van der Waals surface area (Å²) in [5.41, 5.74) is 7.05. The minimum atomic E-state index is 0.845. The molecular formula is C21H35P. The molecule has 0 aromatic heterocycles. The zero-order valence-electron chi connectivity index (χ0n) is 15.0. The number of aryl methyl sites for hydroxylation is 1. The fraction of sp³-hybridized carbons (Fsp3) is 0.714. The number of hydrogen-bond acceptors (Lipinski definition) is 0. The molecule has 1 aromatic carbocycles. The van der Waals surface area contributed by atoms with Crippen LogP contribution in [0.1, 0.15) is 92.4 Å². The summed E-state index contributed by atoms with van der Waals surface area (Å²) < 4.78 is 0. The highest BCUT2D eigenvalue weighted by molar-refractivity contribution is 7.17. The van der Waals surface area contributed by atoms with Crippen LogP contribution in [0.25, 0.3) is 0 Å². The summed E-state index contributed by atoms with van der Waals surface area (Å²) in [5.74, 6) is 0.845. The first-order chi connectivity index (χ1) is 10.6. The Kier molecular flexibility index (Phi) is 7.42. The summed E-state index contributed by atoms with van der Waals surface area (Å²) in [6, 6.07) is 4.67. The summed E-state index contributed by atoms with van der Waals surface area (Å²) in [6.07, 6.45) is 14.4. The van der Waals surface area contributed by atoms with E-state index in [1.54, 1.807) is 11.1 Å². The quantitative estimate of drug-likeness (QED) is 0.496. The van der Waals surface area contributed by atoms with Crippen LogP contribution >= 0.6 is 9.24 Å². The van der Waals surface area contributed by atoms with Crippen molar-refractivity contribution in [3.8, 4) is 0 Å². The maximum Gasteiger partial charge on any atom is -0.0159 e. The average molecular weight is 318 g/mol. The van der Waals surface area contributed by atoms with Gasteiger partial charge < -0.3 is 0 Å². The van der Waals surface area contributed by atoms with Crippen LogP contribution in [0.15, 0.2) is 12.1 Å². The molecule has 0 saturated heterocycles. The minimum Gasteiger partial charge on any atom is -0.134 e. The Morgan fingerprint density at radius 2 is 1.27 bits per heavy atom. The molecule has 0 radical (unpaired) electrons. The van der Waals surface area contributed by atoms with Gasteiger partial charge in [-0.25, -0.2) is 0 Å². The van der Waals surface area contributed by atoms with Crippen LogP contribution in [-0.4, -0.2) is 5.66 Å². The largest absolute Gasteiger partial charge is 0.134 e. The lowest BCUT2D eigenvalue weighted by Crippen LogP contribution is -2.07. The summed E-state index contributed by atoms with van der Waals surface area (Å²) >= 11 is 0. The van der Waals surface area contributed by atoms with Crippen LogP contribution in [0.5, 0.6) is 0 Å². The lowest BCUT2D eigenvalue weighted by molar-refractivity contribution is 0.442. The van der Waals surface area contributed by atoms with Gasteiger partial charge in [-0.3, -0.25) is 0 Å². The van der Waals surface area contributed by atoms with E-state index in [1.807, 2.05) is 0 Å². The fourth-order valence-corrected chi connectivity index (χ4v) is 4.44. The van der Waals surface area contributed by atoms with Crippen molar-refractivity contribution < 1.29 is 0 Å². The topological polar surface area (TPSA) is 0 Å². The number of hydrogen-bond donors (Lipinski definition) is 0. The van der Waals surface area contributed by atoms with Gasteiger partial charge in [0.25, 0.3) is 0 Å². The Bertz CT molecular complexity index is 451. The van der Waals surface area contributed by atoms with Gasteiger partial charge in [-0.2, -0.15) is 0 Å². The average Bonchev–Trinajstić information content (AvgIpc) is 2.55. The van der Waals surface area contributed by atoms with E-state index in [4.69, 9.17) is 0 Å². The molecule has 22 heavy (non-hydrogen) atoms. The third kappa shape index (κ3) is 5.09. The van der Waals surface area contributed by atoms with Gasteiger partial charge in [0.2, 0.25) is 0 Å². The molecule has 124 valence electrons. The monoisotopic (exact) mass is 318 g/mol. The molecule has 1 unspecified atom stereocenters. The highest BCUT2D eigenvalue weighted by atomic mass is 31.0. The highest BCUT2D eigenvalue weighted by Crippen LogP contribution is 2.35. The lowest BCUT2D eigenvalue weighted by Gasteiger charge is -2.24. The molecule has 3 rings (SSSR count). The van der Waals surface area contributed by atoms with Gasteiger partial charge in [0, 0.05) is 0 Å². The van der Waals surface area contributed by atoms with Crippen molar-refractivity contribution in [2.24, 2.45) is 0 Å². The third-order valence-electron chi connectivity index (χ3n) is 5.79. The maximum atomic E-state index is 2.91. The Labute approximate surface area is 140 Å². The van der Waals surface area contributed by atoms with E-state index in [2.05, 4.69) is 42.1 Å². The van der Waals surface area contributed by atoms with Gasteiger partial charge >= 0.3 is 0 Å². The summed E-state index contributed by atoms with van der Waals surface area (Å²) in [7, 11) is 2.91. The standard InChI is InChI=1S/C15H22.C6H13P/c1-11-9-10-15(13(3)12(11)2)14-7-5-4-6-8-14;7-6-4-2-1-3-5-6/h9-10,14H,4-8H2,1-3H3;6H,1-5,7H2. The molecule has 0 aliphatic heterocycles. The molecule has 2 fully saturated rings. The Balaban J connectivity index is 0.000000211. The third-order valence-corrected chi connectivity index (χ3v) is 6.46. The van der Waals surface area contributed by atoms with Crippen molar-refractivity contribution in [2.45, 2.75) is 96.6 Å². The van der Waals surface area contributed by atoms with Crippen molar-refractivity contribution in [3.63, 3.8) is 0 Å². The number of benzene rings is 1. The van der Waals surface area contributed by atoms with Gasteiger partial charge in [0.1, 0.15) is 0 Å². The molecule has 2 aliphatic rings. The molecule has 1 heteroatoms. The smallest absolute Gasteiger partial charge is 0.0159 e. The van der Waals surface area contributed by atoms with Gasteiger partial charge in [0.05, 0.1) is 0 Å². The van der Waals surface area contributed by atoms with Crippen LogP contribution in [0, 0.1) is 20.8 Å². The van der Waals surface area contributed by atoms with Crippen molar-refractivity contribution in [1.82, 2.24) is 0 Å². The van der Waals surface area contributed by atoms with Gasteiger partial charge in [0.15, 0.2) is 0 Å². The summed E-state index contributed by atoms with van der Waals surface area (Å²) in [5, 5.41) is 0. The zero-order chi connectivity index (χ0) is 15.9. The van der Waals surface area contributed by atoms with E-state index in [0.29, 0.717) is 0 Å². The highest BCUT2D eigenvalue weighted by Gasteiger charge is 2.18. The maximum absolute atomic E-state index is 2.91. The van der Waals surface area contributed by atoms with E-state index >= 15 is 0 Å². The molecule has 0 heterocycles. The Morgan fingerprint density at radius 3 is 1.77 bits per heavy atom. The molecule has 1 aromatic rings. The van der Waals surface area contributed by atoms with Crippen molar-refractivity contribution in [3.05, 3.63) is 34.4 Å². The van der Waals surface area contributed by atoms with Crippen molar-refractivity contribution in [1.29, 1.82) is 0 Å². The summed E-state index contributed by atoms with van der Waals surface area (Å²) in [6.45, 7) is 6.77.